The van der Waals surface area contributed by atoms with Crippen LogP contribution < -0.4 is 0 Å². The largest absolute Gasteiger partial charge is 0.426 e. The Morgan fingerprint density at radius 2 is 0.674 bits per heavy atom. The SMILES string of the molecule is Cc1nc(C)n(C)c1C.Cc1nc(C)n(C)n1.Cc1nc(C)n(C)n1.Cc1nn(C)nc1C.Cc1nnc(C)n1C.Cc1nnc(C)o1.Cc1nnn(C)c1C.Cc1nnn(C)c1C.Cc1nnn(C)n1.Cc1nnnn1C.Cc1noc(C)n1.Cc1noc(C)n1. The Morgan fingerprint density at radius 3 is 0.772 bits per heavy atom. The van der Waals surface area contributed by atoms with E-state index in [4.69, 9.17) is 4.42 Å². The highest BCUT2D eigenvalue weighted by atomic mass is 16.5. The van der Waals surface area contributed by atoms with Crippen molar-refractivity contribution in [3.8, 4) is 0 Å². The number of nitrogens with zero attached hydrogens (tertiary/aromatic N) is 34. The molecule has 92 heavy (non-hydrogen) atoms. The van der Waals surface area contributed by atoms with Gasteiger partial charge in [-0.3, -0.25) is 18.7 Å². The lowest BCUT2D eigenvalue weighted by molar-refractivity contribution is 0.389. The third-order valence-corrected chi connectivity index (χ3v) is 12.4. The fourth-order valence-corrected chi connectivity index (χ4v) is 6.10. The summed E-state index contributed by atoms with van der Waals surface area (Å²) >= 11 is 0. The third kappa shape index (κ3) is 30.7. The van der Waals surface area contributed by atoms with E-state index in [-0.39, 0.29) is 0 Å². The van der Waals surface area contributed by atoms with Gasteiger partial charge in [-0.05, 0) is 147 Å². The second kappa shape index (κ2) is 39.6. The quantitative estimate of drug-likeness (QED) is 0.192. The molecule has 0 saturated heterocycles. The van der Waals surface area contributed by atoms with Crippen LogP contribution in [0.3, 0.4) is 0 Å². The number of rotatable bonds is 0. The summed E-state index contributed by atoms with van der Waals surface area (Å²) in [7, 11) is 16.9. The minimum absolute atomic E-state index is 0.623. The van der Waals surface area contributed by atoms with Crippen molar-refractivity contribution in [1.82, 2.24) is 170 Å². The molecule has 0 amide bonds. The Balaban J connectivity index is 0.000000502. The maximum Gasteiger partial charge on any atom is 0.223 e. The summed E-state index contributed by atoms with van der Waals surface area (Å²) < 4.78 is 26.8. The van der Waals surface area contributed by atoms with Crippen LogP contribution in [-0.2, 0) is 63.4 Å². The van der Waals surface area contributed by atoms with Gasteiger partial charge in [0.25, 0.3) is 0 Å². The first-order chi connectivity index (χ1) is 42.8. The Morgan fingerprint density at radius 1 is 0.250 bits per heavy atom. The maximum atomic E-state index is 4.86. The summed E-state index contributed by atoms with van der Waals surface area (Å²) in [6, 6.07) is 0. The molecule has 0 saturated carbocycles. The van der Waals surface area contributed by atoms with Crippen molar-refractivity contribution in [2.75, 3.05) is 0 Å². The van der Waals surface area contributed by atoms with Crippen LogP contribution in [0.2, 0.25) is 0 Å². The predicted molar refractivity (Wildman–Crippen MR) is 339 cm³/mol. The van der Waals surface area contributed by atoms with Gasteiger partial charge in [0.05, 0.1) is 46.9 Å². The first kappa shape index (κ1) is 79.6. The molecule has 12 heterocycles. The van der Waals surface area contributed by atoms with E-state index < -0.39 is 0 Å². The Hall–Kier alpha value is -10.4. The molecule has 37 heteroatoms. The Kier molecular flexibility index (Phi) is 34.3. The molecule has 0 bridgehead atoms. The normalized spacial score (nSPS) is 9.74. The molecule has 12 aromatic rings. The number of aryl methyl sites for hydroxylation is 27. The van der Waals surface area contributed by atoms with E-state index in [0.29, 0.717) is 41.0 Å². The zero-order valence-corrected chi connectivity index (χ0v) is 59.9. The van der Waals surface area contributed by atoms with Gasteiger partial charge in [-0.2, -0.15) is 40.0 Å². The van der Waals surface area contributed by atoms with Gasteiger partial charge in [0.15, 0.2) is 17.5 Å². The molecule has 12 rings (SSSR count). The average Bonchev–Trinajstić information content (AvgIpc) is 2.16. The van der Waals surface area contributed by atoms with E-state index in [2.05, 4.69) is 148 Å². The van der Waals surface area contributed by atoms with Crippen molar-refractivity contribution in [2.24, 2.45) is 63.4 Å². The number of hydrogen-bond donors (Lipinski definition) is 0. The van der Waals surface area contributed by atoms with E-state index in [9.17, 15) is 0 Å². The summed E-state index contributed by atoms with van der Waals surface area (Å²) in [5.74, 6) is 12.0. The first-order valence-corrected chi connectivity index (χ1v) is 28.5. The minimum Gasteiger partial charge on any atom is -0.426 e. The summed E-state index contributed by atoms with van der Waals surface area (Å²) in [6.45, 7) is 43.7. The van der Waals surface area contributed by atoms with E-state index in [1.165, 1.54) is 10.5 Å². The van der Waals surface area contributed by atoms with Crippen molar-refractivity contribution >= 4 is 0 Å². The molecule has 0 fully saturated rings. The number of aromatic nitrogens is 34. The fourth-order valence-electron chi connectivity index (χ4n) is 6.10. The topological polar surface area (TPSA) is 406 Å². The smallest absolute Gasteiger partial charge is 0.223 e. The highest BCUT2D eigenvalue weighted by Gasteiger charge is 2.02. The zero-order chi connectivity index (χ0) is 70.3. The molecule has 0 spiro atoms. The van der Waals surface area contributed by atoms with E-state index in [0.717, 1.165) is 86.5 Å². The fraction of sp³-hybridized carbons (Fsp3) is 0.582. The highest BCUT2D eigenvalue weighted by Crippen LogP contribution is 2.05. The third-order valence-electron chi connectivity index (χ3n) is 12.4. The molecule has 504 valence electrons. The van der Waals surface area contributed by atoms with Crippen LogP contribution in [0.4, 0.5) is 0 Å². The van der Waals surface area contributed by atoms with Crippen molar-refractivity contribution in [2.45, 2.75) is 159 Å². The molecule has 0 aliphatic heterocycles. The Bertz CT molecular complexity index is 3390. The van der Waals surface area contributed by atoms with Gasteiger partial charge in [-0.1, -0.05) is 20.7 Å². The second-order valence-corrected chi connectivity index (χ2v) is 20.3. The summed E-state index contributed by atoms with van der Waals surface area (Å²) in [4.78, 5) is 23.1. The summed E-state index contributed by atoms with van der Waals surface area (Å²) in [6.07, 6.45) is 0. The van der Waals surface area contributed by atoms with Gasteiger partial charge in [-0.25, -0.2) is 19.6 Å². The van der Waals surface area contributed by atoms with Crippen molar-refractivity contribution in [1.29, 1.82) is 0 Å². The molecule has 0 aliphatic rings. The first-order valence-electron chi connectivity index (χ1n) is 28.5. The number of imidazole rings is 1. The molecule has 0 aromatic carbocycles. The van der Waals surface area contributed by atoms with Gasteiger partial charge in [0, 0.05) is 89.8 Å². The standard InChI is InChI=1S/C7H12N2.6C5H9N3.3C4H6N2O.2C3H6N4/c1-5-6(2)9(4)7(3)8-5;1-4-6-7-5(2)8(4)3;2*1-4-6-5(2)8(3)7-4;2*1-4-5(2)8(3)7-6-4;1-4-5(2)7-8(3)6-4;1-3-5-6-4(2)7-3;2*1-3-5-4(2)7-6-3;1-3-4-5-6-7(3)2;1-3-4-6-7(2)5-3/h1-4H3;6*1-3H3;5*1-2H3. The van der Waals surface area contributed by atoms with Crippen molar-refractivity contribution < 1.29 is 13.5 Å². The minimum atomic E-state index is 0.623. The van der Waals surface area contributed by atoms with E-state index in [1.54, 1.807) is 90.8 Å². The van der Waals surface area contributed by atoms with Crippen LogP contribution in [0.25, 0.3) is 0 Å². The van der Waals surface area contributed by atoms with Crippen molar-refractivity contribution in [3.63, 3.8) is 0 Å². The molecule has 0 radical (unpaired) electrons. The van der Waals surface area contributed by atoms with Crippen LogP contribution in [0.1, 0.15) is 133 Å². The monoisotopic (exact) mass is 1280 g/mol. The lowest BCUT2D eigenvalue weighted by Gasteiger charge is -1.94. The second-order valence-electron chi connectivity index (χ2n) is 20.3. The highest BCUT2D eigenvalue weighted by molar-refractivity contribution is 5.12. The molecular formula is C55H96N34O3. The zero-order valence-electron chi connectivity index (χ0n) is 59.9. The Labute approximate surface area is 537 Å². The predicted octanol–water partition coefficient (Wildman–Crippen LogP) is 5.03. The lowest BCUT2D eigenvalue weighted by Crippen LogP contribution is -1.92. The van der Waals surface area contributed by atoms with Gasteiger partial charge >= 0.3 is 0 Å². The number of hydrogen-bond acceptors (Lipinski definition) is 28. The van der Waals surface area contributed by atoms with Crippen LogP contribution in [0.15, 0.2) is 13.5 Å². The van der Waals surface area contributed by atoms with Gasteiger partial charge < -0.3 is 22.6 Å². The van der Waals surface area contributed by atoms with Gasteiger partial charge in [0.2, 0.25) is 23.6 Å². The van der Waals surface area contributed by atoms with E-state index >= 15 is 0 Å². The summed E-state index contributed by atoms with van der Waals surface area (Å²) in [5, 5.41) is 74.8. The van der Waals surface area contributed by atoms with Crippen LogP contribution >= 0.6 is 0 Å². The van der Waals surface area contributed by atoms with Crippen LogP contribution in [0, 0.1) is 159 Å². The molecule has 12 aromatic heterocycles. The molecule has 0 N–H and O–H groups in total. The average molecular weight is 1280 g/mol. The number of tetrazole rings is 2. The van der Waals surface area contributed by atoms with Crippen LogP contribution in [0.5, 0.6) is 0 Å². The molecule has 0 aliphatic carbocycles. The summed E-state index contributed by atoms with van der Waals surface area (Å²) in [5.41, 5.74) is 8.68. The lowest BCUT2D eigenvalue weighted by atomic mass is 10.4. The molecule has 0 atom stereocenters. The van der Waals surface area contributed by atoms with Crippen LogP contribution in [-0.4, -0.2) is 170 Å². The van der Waals surface area contributed by atoms with E-state index in [1.807, 2.05) is 158 Å². The molecular weight excluding hydrogens is 1180 g/mol. The molecule has 0 unspecified atom stereocenters. The molecule has 37 nitrogen and oxygen atoms in total. The van der Waals surface area contributed by atoms with Crippen molar-refractivity contribution in [3.05, 3.63) is 133 Å². The van der Waals surface area contributed by atoms with Gasteiger partial charge in [0.1, 0.15) is 46.6 Å². The van der Waals surface area contributed by atoms with Gasteiger partial charge in [-0.15, -0.1) is 45.9 Å². The maximum absolute atomic E-state index is 4.86.